The summed E-state index contributed by atoms with van der Waals surface area (Å²) in [5.74, 6) is 0.216. The van der Waals surface area contributed by atoms with Crippen LogP contribution in [0.5, 0.6) is 0 Å². The number of benzene rings is 1. The highest BCUT2D eigenvalue weighted by Gasteiger charge is 2.23. The van der Waals surface area contributed by atoms with Crippen molar-refractivity contribution in [1.82, 2.24) is 30.0 Å². The third-order valence-corrected chi connectivity index (χ3v) is 5.70. The number of aryl methyl sites for hydroxylation is 2. The van der Waals surface area contributed by atoms with Crippen LogP contribution >= 0.6 is 0 Å². The maximum atomic E-state index is 13.8. The van der Waals surface area contributed by atoms with E-state index in [1.807, 2.05) is 14.0 Å². The predicted molar refractivity (Wildman–Crippen MR) is 117 cm³/mol. The van der Waals surface area contributed by atoms with Gasteiger partial charge in [-0.05, 0) is 32.4 Å². The number of hydrogen-bond acceptors (Lipinski definition) is 6. The van der Waals surface area contributed by atoms with E-state index in [1.165, 1.54) is 18.2 Å². The molecule has 2 aromatic heterocycles. The molecule has 32 heavy (non-hydrogen) atoms. The monoisotopic (exact) mass is 443 g/mol. The molecule has 1 unspecified atom stereocenters. The molecule has 3 heterocycles. The summed E-state index contributed by atoms with van der Waals surface area (Å²) in [6, 6.07) is 3.41. The first-order chi connectivity index (χ1) is 15.3. The number of fused-ring (bicyclic) bond motifs is 1. The van der Waals surface area contributed by atoms with Gasteiger partial charge in [-0.25, -0.2) is 18.7 Å². The SMILES string of the molecule is Cc1nc(N2CCN(CC(=O)NC(C)Cc3c(F)cccc3F)CC2)c2cnn(C)c2n1. The molecule has 1 amide bonds. The van der Waals surface area contributed by atoms with Crippen molar-refractivity contribution in [3.8, 4) is 0 Å². The highest BCUT2D eigenvalue weighted by atomic mass is 19.1. The molecule has 0 radical (unpaired) electrons. The third-order valence-electron chi connectivity index (χ3n) is 5.70. The normalized spacial score (nSPS) is 15.8. The van der Waals surface area contributed by atoms with Crippen molar-refractivity contribution < 1.29 is 13.6 Å². The zero-order valence-corrected chi connectivity index (χ0v) is 18.5. The summed E-state index contributed by atoms with van der Waals surface area (Å²) in [6.07, 6.45) is 1.88. The van der Waals surface area contributed by atoms with Crippen molar-refractivity contribution in [1.29, 1.82) is 0 Å². The maximum absolute atomic E-state index is 13.8. The van der Waals surface area contributed by atoms with Crippen molar-refractivity contribution in [3.63, 3.8) is 0 Å². The second kappa shape index (κ2) is 9.15. The van der Waals surface area contributed by atoms with Crippen molar-refractivity contribution in [2.24, 2.45) is 7.05 Å². The number of nitrogens with one attached hydrogen (secondary N) is 1. The zero-order chi connectivity index (χ0) is 22.8. The minimum Gasteiger partial charge on any atom is -0.353 e. The summed E-state index contributed by atoms with van der Waals surface area (Å²) in [4.78, 5) is 25.8. The van der Waals surface area contributed by atoms with E-state index in [0.717, 1.165) is 29.9 Å². The van der Waals surface area contributed by atoms with Crippen molar-refractivity contribution in [3.05, 3.63) is 47.4 Å². The fraction of sp³-hybridized carbons (Fsp3) is 0.455. The summed E-state index contributed by atoms with van der Waals surface area (Å²) in [6.45, 7) is 6.71. The smallest absolute Gasteiger partial charge is 0.234 e. The molecule has 1 atom stereocenters. The highest BCUT2D eigenvalue weighted by Crippen LogP contribution is 2.24. The molecule has 0 spiro atoms. The second-order valence-electron chi connectivity index (χ2n) is 8.24. The van der Waals surface area contributed by atoms with Gasteiger partial charge in [-0.2, -0.15) is 5.10 Å². The van der Waals surface area contributed by atoms with E-state index in [2.05, 4.69) is 30.2 Å². The Labute approximate surface area is 185 Å². The van der Waals surface area contributed by atoms with Gasteiger partial charge in [0.1, 0.15) is 23.3 Å². The number of aromatic nitrogens is 4. The molecule has 1 aliphatic rings. The molecule has 1 aromatic carbocycles. The molecule has 1 aliphatic heterocycles. The zero-order valence-electron chi connectivity index (χ0n) is 18.5. The van der Waals surface area contributed by atoms with E-state index >= 15 is 0 Å². The van der Waals surface area contributed by atoms with Crippen molar-refractivity contribution in [2.45, 2.75) is 26.3 Å². The molecule has 8 nitrogen and oxygen atoms in total. The van der Waals surface area contributed by atoms with Gasteiger partial charge < -0.3 is 10.2 Å². The Bertz CT molecular complexity index is 1100. The van der Waals surface area contributed by atoms with Crippen molar-refractivity contribution >= 4 is 22.8 Å². The lowest BCUT2D eigenvalue weighted by molar-refractivity contribution is -0.122. The molecule has 10 heteroatoms. The molecule has 1 N–H and O–H groups in total. The molecule has 170 valence electrons. The Balaban J connectivity index is 1.31. The van der Waals surface area contributed by atoms with Crippen LogP contribution in [0.1, 0.15) is 18.3 Å². The summed E-state index contributed by atoms with van der Waals surface area (Å²) in [5, 5.41) is 8.06. The molecule has 1 saturated heterocycles. The Morgan fingerprint density at radius 1 is 1.16 bits per heavy atom. The molecule has 1 fully saturated rings. The lowest BCUT2D eigenvalue weighted by Crippen LogP contribution is -2.50. The number of anilines is 1. The van der Waals surface area contributed by atoms with Crippen LogP contribution in [0.25, 0.3) is 11.0 Å². The second-order valence-corrected chi connectivity index (χ2v) is 8.24. The van der Waals surface area contributed by atoms with Gasteiger partial charge in [-0.3, -0.25) is 14.4 Å². The molecule has 0 aliphatic carbocycles. The lowest BCUT2D eigenvalue weighted by Gasteiger charge is -2.35. The third kappa shape index (κ3) is 4.69. The van der Waals surface area contributed by atoms with Gasteiger partial charge in [0.15, 0.2) is 5.65 Å². The fourth-order valence-corrected chi connectivity index (χ4v) is 4.08. The number of carbonyl (C=O) groups excluding carboxylic acids is 1. The van der Waals surface area contributed by atoms with E-state index < -0.39 is 11.6 Å². The van der Waals surface area contributed by atoms with Crippen LogP contribution in [-0.4, -0.2) is 69.3 Å². The number of piperazine rings is 1. The molecular weight excluding hydrogens is 416 g/mol. The standard InChI is InChI=1S/C22H27F2N7O/c1-14(11-16-18(23)5-4-6-19(16)24)26-20(32)13-30-7-9-31(10-8-30)22-17-12-25-29(3)21(17)27-15(2)28-22/h4-6,12,14H,7-11,13H2,1-3H3,(H,26,32). The number of amides is 1. The van der Waals surface area contributed by atoms with Crippen LogP contribution < -0.4 is 10.2 Å². The van der Waals surface area contributed by atoms with E-state index in [9.17, 15) is 13.6 Å². The highest BCUT2D eigenvalue weighted by molar-refractivity contribution is 5.87. The Morgan fingerprint density at radius 3 is 2.53 bits per heavy atom. The summed E-state index contributed by atoms with van der Waals surface area (Å²) in [7, 11) is 1.86. The summed E-state index contributed by atoms with van der Waals surface area (Å²) < 4.78 is 29.4. The minimum atomic E-state index is -0.593. The van der Waals surface area contributed by atoms with Crippen LogP contribution in [0.15, 0.2) is 24.4 Å². The van der Waals surface area contributed by atoms with E-state index in [1.54, 1.807) is 17.8 Å². The van der Waals surface area contributed by atoms with Crippen LogP contribution in [0.4, 0.5) is 14.6 Å². The summed E-state index contributed by atoms with van der Waals surface area (Å²) in [5.41, 5.74) is 0.797. The van der Waals surface area contributed by atoms with E-state index in [-0.39, 0.29) is 30.5 Å². The molecule has 0 saturated carbocycles. The minimum absolute atomic E-state index is 0.00391. The van der Waals surface area contributed by atoms with Gasteiger partial charge in [-0.15, -0.1) is 0 Å². The molecular formula is C22H27F2N7O. The van der Waals surface area contributed by atoms with E-state index in [4.69, 9.17) is 0 Å². The first-order valence-electron chi connectivity index (χ1n) is 10.7. The van der Waals surface area contributed by atoms with Crippen LogP contribution in [0.3, 0.4) is 0 Å². The van der Waals surface area contributed by atoms with E-state index in [0.29, 0.717) is 18.9 Å². The molecule has 3 aromatic rings. The van der Waals surface area contributed by atoms with Gasteiger partial charge in [0, 0.05) is 44.8 Å². The Kier molecular flexibility index (Phi) is 6.31. The predicted octanol–water partition coefficient (Wildman–Crippen LogP) is 1.82. The first-order valence-corrected chi connectivity index (χ1v) is 10.7. The number of halogens is 2. The van der Waals surface area contributed by atoms with Crippen LogP contribution in [0, 0.1) is 18.6 Å². The largest absolute Gasteiger partial charge is 0.353 e. The fourth-order valence-electron chi connectivity index (χ4n) is 4.08. The first kappa shape index (κ1) is 22.1. The lowest BCUT2D eigenvalue weighted by atomic mass is 10.1. The van der Waals surface area contributed by atoms with Crippen LogP contribution in [0.2, 0.25) is 0 Å². The van der Waals surface area contributed by atoms with Gasteiger partial charge in [0.25, 0.3) is 0 Å². The van der Waals surface area contributed by atoms with Gasteiger partial charge in [0.2, 0.25) is 5.91 Å². The maximum Gasteiger partial charge on any atom is 0.234 e. The average Bonchev–Trinajstić information content (AvgIpc) is 3.11. The Morgan fingerprint density at radius 2 is 1.84 bits per heavy atom. The number of hydrogen-bond donors (Lipinski definition) is 1. The molecule has 0 bridgehead atoms. The number of nitrogens with zero attached hydrogens (tertiary/aromatic N) is 6. The summed E-state index contributed by atoms with van der Waals surface area (Å²) >= 11 is 0. The van der Waals surface area contributed by atoms with Gasteiger partial charge >= 0.3 is 0 Å². The Hall–Kier alpha value is -3.14. The van der Waals surface area contributed by atoms with Crippen molar-refractivity contribution in [2.75, 3.05) is 37.6 Å². The topological polar surface area (TPSA) is 79.2 Å². The average molecular weight is 444 g/mol. The number of carbonyl (C=O) groups is 1. The van der Waals surface area contributed by atoms with Gasteiger partial charge in [-0.1, -0.05) is 6.07 Å². The quantitative estimate of drug-likeness (QED) is 0.626. The molecule has 4 rings (SSSR count). The number of rotatable bonds is 6. The van der Waals surface area contributed by atoms with Gasteiger partial charge in [0.05, 0.1) is 18.1 Å². The van der Waals surface area contributed by atoms with Crippen LogP contribution in [-0.2, 0) is 18.3 Å².